The van der Waals surface area contributed by atoms with E-state index in [1.54, 1.807) is 12.4 Å². The molecule has 0 unspecified atom stereocenters. The highest BCUT2D eigenvalue weighted by Crippen LogP contribution is 2.46. The molecule has 0 bridgehead atoms. The smallest absolute Gasteiger partial charge is 0.243 e. The number of fused-ring (bicyclic) bond motifs is 1. The maximum Gasteiger partial charge on any atom is 0.243 e. The van der Waals surface area contributed by atoms with Gasteiger partial charge in [-0.15, -0.1) is 0 Å². The van der Waals surface area contributed by atoms with Crippen molar-refractivity contribution in [2.24, 2.45) is 5.41 Å². The summed E-state index contributed by atoms with van der Waals surface area (Å²) in [6, 6.07) is 19.1. The van der Waals surface area contributed by atoms with Gasteiger partial charge < -0.3 is 14.4 Å². The highest BCUT2D eigenvalue weighted by molar-refractivity contribution is 6.76. The first kappa shape index (κ1) is 29.9. The minimum Gasteiger partial charge on any atom is -0.439 e. The molecular formula is C33H39N7O3Si. The molecule has 1 aliphatic heterocycles. The molecule has 11 heteroatoms. The average molecular weight is 610 g/mol. The van der Waals surface area contributed by atoms with Gasteiger partial charge in [0, 0.05) is 76.8 Å². The van der Waals surface area contributed by atoms with E-state index in [-0.39, 0.29) is 5.91 Å². The Morgan fingerprint density at radius 1 is 1.05 bits per heavy atom. The Labute approximate surface area is 259 Å². The second kappa shape index (κ2) is 12.5. The number of carbonyl (C=O) groups excluding carboxylic acids is 1. The van der Waals surface area contributed by atoms with E-state index < -0.39 is 13.5 Å². The van der Waals surface area contributed by atoms with Crippen molar-refractivity contribution in [1.82, 2.24) is 29.5 Å². The van der Waals surface area contributed by atoms with Crippen molar-refractivity contribution >= 4 is 24.9 Å². The number of hydrogen-bond donors (Lipinski definition) is 0. The van der Waals surface area contributed by atoms with Crippen LogP contribution in [0.15, 0.2) is 60.9 Å². The molecule has 10 nitrogen and oxygen atoms in total. The van der Waals surface area contributed by atoms with Crippen LogP contribution in [0.4, 0.5) is 0 Å². The molecule has 1 amide bonds. The second-order valence-electron chi connectivity index (χ2n) is 13.0. The SMILES string of the molecule is C[Si](C)(C)CCOCn1nccc1-c1ccc(Oc2ccc3nc(CN4CCN(C(=O)C5(C#N)CC5)CC4)ccc3c2)nc1. The highest BCUT2D eigenvalue weighted by Gasteiger charge is 2.52. The lowest BCUT2D eigenvalue weighted by Crippen LogP contribution is -2.50. The van der Waals surface area contributed by atoms with Gasteiger partial charge in [0.1, 0.15) is 17.9 Å². The summed E-state index contributed by atoms with van der Waals surface area (Å²) in [5.41, 5.74) is 3.04. The van der Waals surface area contributed by atoms with E-state index in [4.69, 9.17) is 14.5 Å². The minimum absolute atomic E-state index is 0.00808. The fraction of sp³-hybridized carbons (Fsp3) is 0.424. The van der Waals surface area contributed by atoms with Crippen molar-refractivity contribution in [2.45, 2.75) is 51.8 Å². The van der Waals surface area contributed by atoms with Gasteiger partial charge in [-0.1, -0.05) is 25.7 Å². The number of rotatable bonds is 11. The zero-order chi connectivity index (χ0) is 30.7. The van der Waals surface area contributed by atoms with Crippen LogP contribution in [0, 0.1) is 16.7 Å². The molecule has 44 heavy (non-hydrogen) atoms. The van der Waals surface area contributed by atoms with Crippen molar-refractivity contribution in [3.63, 3.8) is 0 Å². The average Bonchev–Trinajstić information content (AvgIpc) is 3.69. The summed E-state index contributed by atoms with van der Waals surface area (Å²) in [6.45, 7) is 11.8. The number of nitrogens with zero attached hydrogens (tertiary/aromatic N) is 7. The number of carbonyl (C=O) groups is 1. The lowest BCUT2D eigenvalue weighted by Gasteiger charge is -2.35. The van der Waals surface area contributed by atoms with E-state index in [2.05, 4.69) is 46.8 Å². The normalized spacial score (nSPS) is 16.5. The Morgan fingerprint density at radius 3 is 2.57 bits per heavy atom. The third-order valence-corrected chi connectivity index (χ3v) is 10.0. The van der Waals surface area contributed by atoms with E-state index in [0.29, 0.717) is 44.3 Å². The van der Waals surface area contributed by atoms with Crippen molar-refractivity contribution in [2.75, 3.05) is 32.8 Å². The molecule has 1 aromatic carbocycles. The summed E-state index contributed by atoms with van der Waals surface area (Å²) in [4.78, 5) is 26.2. The van der Waals surface area contributed by atoms with Gasteiger partial charge in [0.05, 0.1) is 23.0 Å². The molecule has 0 N–H and O–H groups in total. The van der Waals surface area contributed by atoms with Gasteiger partial charge in [-0.2, -0.15) is 10.4 Å². The van der Waals surface area contributed by atoms with Gasteiger partial charge in [0.25, 0.3) is 0 Å². The maximum absolute atomic E-state index is 12.7. The van der Waals surface area contributed by atoms with Crippen LogP contribution in [0.2, 0.25) is 25.7 Å². The van der Waals surface area contributed by atoms with Crippen LogP contribution in [-0.2, 0) is 22.8 Å². The van der Waals surface area contributed by atoms with Gasteiger partial charge in [-0.05, 0) is 55.3 Å². The number of amides is 1. The molecule has 4 heterocycles. The fourth-order valence-corrected chi connectivity index (χ4v) is 6.12. The first-order valence-corrected chi connectivity index (χ1v) is 19.0. The van der Waals surface area contributed by atoms with E-state index >= 15 is 0 Å². The van der Waals surface area contributed by atoms with E-state index in [1.165, 1.54) is 0 Å². The molecule has 1 saturated carbocycles. The molecule has 0 spiro atoms. The summed E-state index contributed by atoms with van der Waals surface area (Å²) in [5, 5.41) is 14.8. The van der Waals surface area contributed by atoms with E-state index in [9.17, 15) is 10.1 Å². The van der Waals surface area contributed by atoms with Crippen LogP contribution in [0.3, 0.4) is 0 Å². The molecule has 1 saturated heterocycles. The van der Waals surface area contributed by atoms with Crippen molar-refractivity contribution in [1.29, 1.82) is 5.26 Å². The van der Waals surface area contributed by atoms with E-state index in [1.807, 2.05) is 52.0 Å². The van der Waals surface area contributed by atoms with Crippen molar-refractivity contribution in [3.05, 3.63) is 66.6 Å². The lowest BCUT2D eigenvalue weighted by molar-refractivity contribution is -0.136. The highest BCUT2D eigenvalue weighted by atomic mass is 28.3. The Morgan fingerprint density at radius 2 is 1.86 bits per heavy atom. The van der Waals surface area contributed by atoms with Crippen molar-refractivity contribution < 1.29 is 14.3 Å². The predicted molar refractivity (Wildman–Crippen MR) is 171 cm³/mol. The quantitative estimate of drug-likeness (QED) is 0.161. The summed E-state index contributed by atoms with van der Waals surface area (Å²) in [5.74, 6) is 1.21. The first-order chi connectivity index (χ1) is 21.2. The Kier molecular flexibility index (Phi) is 8.49. The molecule has 0 atom stereocenters. The van der Waals surface area contributed by atoms with Gasteiger partial charge >= 0.3 is 0 Å². The van der Waals surface area contributed by atoms with Crippen LogP contribution in [0.5, 0.6) is 11.6 Å². The topological polar surface area (TPSA) is 109 Å². The number of hydrogen-bond acceptors (Lipinski definition) is 8. The first-order valence-electron chi connectivity index (χ1n) is 15.3. The summed E-state index contributed by atoms with van der Waals surface area (Å²) >= 11 is 0. The molecular weight excluding hydrogens is 570 g/mol. The fourth-order valence-electron chi connectivity index (χ4n) is 5.36. The summed E-state index contributed by atoms with van der Waals surface area (Å²) in [7, 11) is -1.13. The predicted octanol–water partition coefficient (Wildman–Crippen LogP) is 5.55. The number of ether oxygens (including phenoxy) is 2. The number of aromatic nitrogens is 4. The van der Waals surface area contributed by atoms with Crippen LogP contribution >= 0.6 is 0 Å². The number of pyridine rings is 2. The Hall–Kier alpha value is -4.11. The van der Waals surface area contributed by atoms with Gasteiger partial charge in [-0.3, -0.25) is 14.7 Å². The third kappa shape index (κ3) is 6.99. The van der Waals surface area contributed by atoms with Gasteiger partial charge in [0.15, 0.2) is 0 Å². The number of piperazine rings is 1. The molecule has 6 rings (SSSR count). The largest absolute Gasteiger partial charge is 0.439 e. The van der Waals surface area contributed by atoms with Crippen molar-refractivity contribution in [3.8, 4) is 29.0 Å². The Bertz CT molecular complexity index is 1660. The monoisotopic (exact) mass is 609 g/mol. The molecule has 3 aromatic heterocycles. The number of nitriles is 1. The third-order valence-electron chi connectivity index (χ3n) is 8.32. The molecule has 228 valence electrons. The number of benzene rings is 1. The van der Waals surface area contributed by atoms with Gasteiger partial charge in [-0.25, -0.2) is 9.67 Å². The molecule has 1 aliphatic carbocycles. The molecule has 0 radical (unpaired) electrons. The minimum atomic E-state index is -1.13. The zero-order valence-corrected chi connectivity index (χ0v) is 26.7. The van der Waals surface area contributed by atoms with Crippen LogP contribution in [0.25, 0.3) is 22.2 Å². The van der Waals surface area contributed by atoms with E-state index in [0.717, 1.165) is 60.1 Å². The molecule has 4 aromatic rings. The standard InChI is InChI=1S/C33H39N7O3Si/c1-44(2,3)19-18-42-24-40-30(10-13-36-40)26-5-9-31(35-21-26)43-28-7-8-29-25(20-28)4-6-27(37-29)22-38-14-16-39(17-15-38)32(41)33(23-34)11-12-33/h4-10,13,20-21H,11-12,14-19,22,24H2,1-3H3. The summed E-state index contributed by atoms with van der Waals surface area (Å²) in [6.07, 6.45) is 4.96. The summed E-state index contributed by atoms with van der Waals surface area (Å²) < 4.78 is 13.8. The maximum atomic E-state index is 12.7. The Balaban J connectivity index is 1.03. The second-order valence-corrected chi connectivity index (χ2v) is 18.6. The lowest BCUT2D eigenvalue weighted by atomic mass is 10.1. The molecule has 2 aliphatic rings. The molecule has 2 fully saturated rings. The van der Waals surface area contributed by atoms with Crippen LogP contribution in [-0.4, -0.2) is 76.3 Å². The van der Waals surface area contributed by atoms with Crippen LogP contribution < -0.4 is 4.74 Å². The zero-order valence-electron chi connectivity index (χ0n) is 25.7. The van der Waals surface area contributed by atoms with Gasteiger partial charge in [0.2, 0.25) is 11.8 Å². The van der Waals surface area contributed by atoms with Crippen LogP contribution in [0.1, 0.15) is 18.5 Å².